The summed E-state index contributed by atoms with van der Waals surface area (Å²) in [5, 5.41) is 21.5. The van der Waals surface area contributed by atoms with Crippen LogP contribution in [0.5, 0.6) is 11.6 Å². The molecule has 0 bridgehead atoms. The Morgan fingerprint density at radius 1 is 1.26 bits per heavy atom. The Kier molecular flexibility index (Phi) is 5.40. The van der Waals surface area contributed by atoms with E-state index in [9.17, 15) is 9.90 Å². The van der Waals surface area contributed by atoms with Crippen molar-refractivity contribution in [3.8, 4) is 11.6 Å². The lowest BCUT2D eigenvalue weighted by molar-refractivity contribution is -0.116. The monoisotopic (exact) mass is 366 g/mol. The highest BCUT2D eigenvalue weighted by Gasteiger charge is 2.12. The summed E-state index contributed by atoms with van der Waals surface area (Å²) >= 11 is 0. The number of anilines is 1. The van der Waals surface area contributed by atoms with E-state index in [2.05, 4.69) is 34.4 Å². The predicted molar refractivity (Wildman–Crippen MR) is 105 cm³/mol. The molecule has 7 nitrogen and oxygen atoms in total. The van der Waals surface area contributed by atoms with E-state index in [1.54, 1.807) is 13.2 Å². The molecule has 1 aromatic heterocycles. The Bertz CT molecular complexity index is 992. The molecule has 3 aromatic rings. The summed E-state index contributed by atoms with van der Waals surface area (Å²) < 4.78 is 5.14. The fraction of sp³-hybridized carbons (Fsp3) is 0.250. The van der Waals surface area contributed by atoms with Gasteiger partial charge in [0, 0.05) is 17.1 Å². The summed E-state index contributed by atoms with van der Waals surface area (Å²) in [5.74, 6) is 0.471. The number of aromatic nitrogens is 1. The van der Waals surface area contributed by atoms with Gasteiger partial charge in [-0.25, -0.2) is 0 Å². The van der Waals surface area contributed by atoms with E-state index in [1.807, 2.05) is 36.4 Å². The second kappa shape index (κ2) is 7.90. The molecule has 0 spiro atoms. The summed E-state index contributed by atoms with van der Waals surface area (Å²) in [4.78, 5) is 14.9. The van der Waals surface area contributed by atoms with Crippen LogP contribution in [-0.4, -0.2) is 29.7 Å². The lowest BCUT2D eigenvalue weighted by Gasteiger charge is -2.05. The minimum Gasteiger partial charge on any atom is -0.497 e. The first-order valence-electron chi connectivity index (χ1n) is 8.65. The second-order valence-corrected chi connectivity index (χ2v) is 6.46. The molecule has 0 atom stereocenters. The van der Waals surface area contributed by atoms with Gasteiger partial charge in [0.25, 0.3) is 5.91 Å². The van der Waals surface area contributed by atoms with Crippen LogP contribution >= 0.6 is 0 Å². The third-order valence-electron chi connectivity index (χ3n) is 4.22. The number of nitrogens with one attached hydrogen (secondary N) is 2. The topological polar surface area (TPSA) is 99.1 Å². The first-order chi connectivity index (χ1) is 13.0. The number of azo groups is 1. The molecule has 0 aliphatic heterocycles. The van der Waals surface area contributed by atoms with Crippen molar-refractivity contribution in [3.63, 3.8) is 0 Å². The number of aromatic amines is 1. The number of aromatic hydroxyl groups is 1. The maximum absolute atomic E-state index is 12.0. The molecular weight excluding hydrogens is 344 g/mol. The number of amides is 1. The van der Waals surface area contributed by atoms with Crippen molar-refractivity contribution >= 4 is 28.2 Å². The molecule has 140 valence electrons. The molecule has 1 amide bonds. The van der Waals surface area contributed by atoms with Gasteiger partial charge in [0.2, 0.25) is 5.88 Å². The number of fused-ring (bicyclic) bond motifs is 1. The molecule has 1 heterocycles. The van der Waals surface area contributed by atoms with Gasteiger partial charge >= 0.3 is 0 Å². The van der Waals surface area contributed by atoms with Crippen molar-refractivity contribution < 1.29 is 14.6 Å². The third-order valence-corrected chi connectivity index (χ3v) is 4.22. The van der Waals surface area contributed by atoms with Gasteiger partial charge in [-0.1, -0.05) is 26.0 Å². The smallest absolute Gasteiger partial charge is 0.283 e. The van der Waals surface area contributed by atoms with Crippen molar-refractivity contribution in [2.24, 2.45) is 10.2 Å². The largest absolute Gasteiger partial charge is 0.497 e. The zero-order valence-corrected chi connectivity index (χ0v) is 15.5. The van der Waals surface area contributed by atoms with Gasteiger partial charge in [-0.3, -0.25) is 4.79 Å². The zero-order chi connectivity index (χ0) is 19.4. The van der Waals surface area contributed by atoms with Crippen molar-refractivity contribution in [3.05, 3.63) is 48.0 Å². The fourth-order valence-corrected chi connectivity index (χ4v) is 2.69. The SMILES string of the molecule is COc1cccc(NCC(=O)N=Nc2c(O)[nH]c3ccc(C(C)C)cc23)c1. The normalized spacial score (nSPS) is 11.4. The van der Waals surface area contributed by atoms with Gasteiger partial charge in [0.15, 0.2) is 5.69 Å². The Morgan fingerprint density at radius 2 is 2.07 bits per heavy atom. The van der Waals surface area contributed by atoms with Crippen LogP contribution in [0.15, 0.2) is 52.7 Å². The average molecular weight is 366 g/mol. The maximum atomic E-state index is 12.0. The van der Waals surface area contributed by atoms with Crippen LogP contribution < -0.4 is 10.1 Å². The molecule has 0 saturated heterocycles. The molecule has 2 aromatic carbocycles. The summed E-state index contributed by atoms with van der Waals surface area (Å²) in [6, 6.07) is 13.1. The Labute approximate surface area is 157 Å². The number of hydrogen-bond donors (Lipinski definition) is 3. The van der Waals surface area contributed by atoms with Crippen LogP contribution in [0.2, 0.25) is 0 Å². The molecular formula is C20H22N4O3. The highest BCUT2D eigenvalue weighted by molar-refractivity contribution is 5.95. The lowest BCUT2D eigenvalue weighted by atomic mass is 10.0. The van der Waals surface area contributed by atoms with E-state index in [1.165, 1.54) is 0 Å². The molecule has 0 aliphatic carbocycles. The molecule has 0 fully saturated rings. The van der Waals surface area contributed by atoms with Gasteiger partial charge in [0.05, 0.1) is 19.2 Å². The zero-order valence-electron chi connectivity index (χ0n) is 15.5. The molecule has 27 heavy (non-hydrogen) atoms. The molecule has 3 rings (SSSR count). The molecule has 0 unspecified atom stereocenters. The summed E-state index contributed by atoms with van der Waals surface area (Å²) in [6.45, 7) is 4.16. The van der Waals surface area contributed by atoms with Gasteiger partial charge in [-0.05, 0) is 35.7 Å². The van der Waals surface area contributed by atoms with Crippen LogP contribution in [0.25, 0.3) is 10.9 Å². The quantitative estimate of drug-likeness (QED) is 0.549. The number of nitrogens with zero attached hydrogens (tertiary/aromatic N) is 2. The third kappa shape index (κ3) is 4.25. The summed E-state index contributed by atoms with van der Waals surface area (Å²) in [7, 11) is 1.58. The number of ether oxygens (including phenoxy) is 1. The highest BCUT2D eigenvalue weighted by Crippen LogP contribution is 2.36. The minimum absolute atomic E-state index is 0.0168. The van der Waals surface area contributed by atoms with E-state index in [4.69, 9.17) is 4.74 Å². The van der Waals surface area contributed by atoms with E-state index in [0.717, 1.165) is 22.2 Å². The number of hydrogen-bond acceptors (Lipinski definition) is 5. The molecule has 7 heteroatoms. The first-order valence-corrected chi connectivity index (χ1v) is 8.65. The van der Waals surface area contributed by atoms with E-state index in [-0.39, 0.29) is 18.1 Å². The number of benzene rings is 2. The van der Waals surface area contributed by atoms with Crippen molar-refractivity contribution in [2.45, 2.75) is 19.8 Å². The van der Waals surface area contributed by atoms with Gasteiger partial charge in [-0.15, -0.1) is 10.2 Å². The Hall–Kier alpha value is -3.35. The van der Waals surface area contributed by atoms with E-state index >= 15 is 0 Å². The number of H-pyrrole nitrogens is 1. The maximum Gasteiger partial charge on any atom is 0.283 e. The van der Waals surface area contributed by atoms with Crippen molar-refractivity contribution in [1.82, 2.24) is 4.98 Å². The predicted octanol–water partition coefficient (Wildman–Crippen LogP) is 4.73. The Morgan fingerprint density at radius 3 is 2.81 bits per heavy atom. The van der Waals surface area contributed by atoms with Crippen LogP contribution in [0.3, 0.4) is 0 Å². The van der Waals surface area contributed by atoms with Crippen LogP contribution in [0.4, 0.5) is 11.4 Å². The Balaban J connectivity index is 1.73. The van der Waals surface area contributed by atoms with Crippen LogP contribution in [0.1, 0.15) is 25.3 Å². The second-order valence-electron chi connectivity index (χ2n) is 6.46. The molecule has 3 N–H and O–H groups in total. The number of methoxy groups -OCH3 is 1. The first kappa shape index (κ1) is 18.4. The van der Waals surface area contributed by atoms with Crippen molar-refractivity contribution in [1.29, 1.82) is 0 Å². The molecule has 0 radical (unpaired) electrons. The van der Waals surface area contributed by atoms with Crippen molar-refractivity contribution in [2.75, 3.05) is 19.0 Å². The fourth-order valence-electron chi connectivity index (χ4n) is 2.69. The van der Waals surface area contributed by atoms with E-state index in [0.29, 0.717) is 11.7 Å². The molecule has 0 saturated carbocycles. The lowest BCUT2D eigenvalue weighted by Crippen LogP contribution is -2.10. The summed E-state index contributed by atoms with van der Waals surface area (Å²) in [5.41, 5.74) is 2.87. The number of rotatable bonds is 6. The highest BCUT2D eigenvalue weighted by atomic mass is 16.5. The standard InChI is InChI=1S/C20H22N4O3/c1-12(2)13-7-8-17-16(9-13)19(20(26)22-17)24-23-18(25)11-21-14-5-4-6-15(10-14)27-3/h4-10,12,21-22,26H,11H2,1-3H3. The van der Waals surface area contributed by atoms with Crippen LogP contribution in [-0.2, 0) is 4.79 Å². The number of carbonyl (C=O) groups is 1. The van der Waals surface area contributed by atoms with Gasteiger partial charge in [-0.2, -0.15) is 0 Å². The van der Waals surface area contributed by atoms with Gasteiger partial charge < -0.3 is 20.1 Å². The van der Waals surface area contributed by atoms with E-state index < -0.39 is 5.91 Å². The molecule has 0 aliphatic rings. The van der Waals surface area contributed by atoms with Gasteiger partial charge in [0.1, 0.15) is 5.75 Å². The van der Waals surface area contributed by atoms with Crippen LogP contribution in [0, 0.1) is 0 Å². The average Bonchev–Trinajstić information content (AvgIpc) is 2.99. The minimum atomic E-state index is -0.452. The summed E-state index contributed by atoms with van der Waals surface area (Å²) in [6.07, 6.45) is 0. The number of carbonyl (C=O) groups excluding carboxylic acids is 1.